The lowest BCUT2D eigenvalue weighted by atomic mass is 9.91. The molecular weight excluding hydrogens is 467 g/mol. The van der Waals surface area contributed by atoms with Gasteiger partial charge in [-0.25, -0.2) is 9.37 Å². The fourth-order valence-electron chi connectivity index (χ4n) is 5.41. The molecule has 2 aliphatic carbocycles. The number of hydrogen-bond donors (Lipinski definition) is 3. The molecule has 0 amide bonds. The van der Waals surface area contributed by atoms with Crippen molar-refractivity contribution in [2.75, 3.05) is 11.9 Å². The summed E-state index contributed by atoms with van der Waals surface area (Å²) in [6, 6.07) is 10.2. The molecule has 2 atom stereocenters. The van der Waals surface area contributed by atoms with E-state index in [-0.39, 0.29) is 12.1 Å². The number of para-hydroxylation sites is 1. The number of aryl methyl sites for hydroxylation is 1. The lowest BCUT2D eigenvalue weighted by molar-refractivity contribution is 0.550. The molecular formula is C28H29FN8. The second-order valence-corrected chi connectivity index (χ2v) is 10.4. The largest absolute Gasteiger partial charge is 0.358 e. The van der Waals surface area contributed by atoms with Crippen LogP contribution in [0.25, 0.3) is 27.9 Å². The predicted octanol–water partition coefficient (Wildman–Crippen LogP) is 4.84. The topological polar surface area (TPSA) is 95.8 Å². The number of aromatic nitrogens is 6. The van der Waals surface area contributed by atoms with Crippen LogP contribution in [0.3, 0.4) is 0 Å². The van der Waals surface area contributed by atoms with Gasteiger partial charge in [-0.15, -0.1) is 0 Å². The number of rotatable bonds is 7. The molecule has 7 rings (SSSR count). The van der Waals surface area contributed by atoms with Crippen LogP contribution in [-0.2, 0) is 12.8 Å². The minimum absolute atomic E-state index is 0.0859. The fraction of sp³-hybridized carbons (Fsp3) is 0.357. The first-order chi connectivity index (χ1) is 18.1. The average molecular weight is 497 g/mol. The number of fused-ring (bicyclic) bond motifs is 4. The third-order valence-electron chi connectivity index (χ3n) is 7.66. The Morgan fingerprint density at radius 1 is 1.14 bits per heavy atom. The van der Waals surface area contributed by atoms with Crippen LogP contribution in [0.2, 0.25) is 0 Å². The Labute approximate surface area is 213 Å². The van der Waals surface area contributed by atoms with Gasteiger partial charge in [-0.05, 0) is 69.2 Å². The highest BCUT2D eigenvalue weighted by Crippen LogP contribution is 2.32. The summed E-state index contributed by atoms with van der Waals surface area (Å²) in [5.74, 6) is 1.40. The zero-order valence-electron chi connectivity index (χ0n) is 20.7. The summed E-state index contributed by atoms with van der Waals surface area (Å²) < 4.78 is 15.8. The van der Waals surface area contributed by atoms with E-state index < -0.39 is 5.82 Å². The number of halogens is 1. The number of pyridine rings is 1. The van der Waals surface area contributed by atoms with Crippen LogP contribution in [0.1, 0.15) is 49.0 Å². The molecule has 0 bridgehead atoms. The first kappa shape index (κ1) is 22.4. The van der Waals surface area contributed by atoms with Crippen LogP contribution in [0.4, 0.5) is 10.3 Å². The molecule has 5 aromatic rings. The van der Waals surface area contributed by atoms with E-state index in [4.69, 9.17) is 9.97 Å². The van der Waals surface area contributed by atoms with Crippen LogP contribution in [0, 0.1) is 11.7 Å². The zero-order chi connectivity index (χ0) is 24.9. The SMILES string of the molecule is C[C@H](NCC1CC1)c1cnn2c(N[C@@H]3CCc4[nH]c5ccccc5c4C3)nc(-c3cncc(F)c3)nc12. The Morgan fingerprint density at radius 3 is 2.89 bits per heavy atom. The number of aromatic amines is 1. The molecule has 1 aromatic carbocycles. The van der Waals surface area contributed by atoms with Crippen molar-refractivity contribution in [3.8, 4) is 11.4 Å². The molecule has 1 saturated carbocycles. The number of hydrogen-bond acceptors (Lipinski definition) is 6. The summed E-state index contributed by atoms with van der Waals surface area (Å²) >= 11 is 0. The van der Waals surface area contributed by atoms with Gasteiger partial charge in [-0.3, -0.25) is 4.98 Å². The highest BCUT2D eigenvalue weighted by Gasteiger charge is 2.26. The zero-order valence-corrected chi connectivity index (χ0v) is 20.7. The van der Waals surface area contributed by atoms with Crippen molar-refractivity contribution in [3.05, 3.63) is 71.6 Å². The molecule has 37 heavy (non-hydrogen) atoms. The third kappa shape index (κ3) is 4.23. The molecule has 2 aliphatic rings. The van der Waals surface area contributed by atoms with Gasteiger partial charge in [0.15, 0.2) is 11.5 Å². The molecule has 8 nitrogen and oxygen atoms in total. The lowest BCUT2D eigenvalue weighted by Gasteiger charge is -2.24. The predicted molar refractivity (Wildman–Crippen MR) is 141 cm³/mol. The standard InChI is InChI=1S/C28H29FN8/c1-16(31-12-17-6-7-17)23-15-32-37-27(23)35-26(18-10-19(29)14-30-13-18)36-28(37)33-20-8-9-25-22(11-20)21-4-2-3-5-24(21)34-25/h2-5,10,13-17,20,31,34H,6-9,11-12H2,1H3,(H,33,35,36)/t16-,20+/m0/s1. The monoisotopic (exact) mass is 496 g/mol. The summed E-state index contributed by atoms with van der Waals surface area (Å²) in [7, 11) is 0. The molecule has 1 fully saturated rings. The molecule has 4 aromatic heterocycles. The van der Waals surface area contributed by atoms with Gasteiger partial charge in [-0.2, -0.15) is 14.6 Å². The van der Waals surface area contributed by atoms with Crippen molar-refractivity contribution in [2.24, 2.45) is 5.92 Å². The van der Waals surface area contributed by atoms with E-state index >= 15 is 0 Å². The van der Waals surface area contributed by atoms with Crippen molar-refractivity contribution in [2.45, 2.75) is 51.1 Å². The maximum absolute atomic E-state index is 14.0. The molecule has 9 heteroatoms. The Morgan fingerprint density at radius 2 is 2.03 bits per heavy atom. The summed E-state index contributed by atoms with van der Waals surface area (Å²) in [4.78, 5) is 17.2. The van der Waals surface area contributed by atoms with Gasteiger partial charge in [-0.1, -0.05) is 18.2 Å². The van der Waals surface area contributed by atoms with E-state index in [1.165, 1.54) is 47.3 Å². The van der Waals surface area contributed by atoms with E-state index in [0.29, 0.717) is 17.3 Å². The van der Waals surface area contributed by atoms with E-state index in [2.05, 4.69) is 56.9 Å². The molecule has 0 unspecified atom stereocenters. The Kier molecular flexibility index (Phi) is 5.39. The fourth-order valence-corrected chi connectivity index (χ4v) is 5.41. The summed E-state index contributed by atoms with van der Waals surface area (Å²) in [6.45, 7) is 3.13. The van der Waals surface area contributed by atoms with Crippen molar-refractivity contribution >= 4 is 22.5 Å². The highest BCUT2D eigenvalue weighted by atomic mass is 19.1. The Bertz CT molecular complexity index is 1600. The summed E-state index contributed by atoms with van der Waals surface area (Å²) in [6.07, 6.45) is 10.1. The molecule has 0 radical (unpaired) electrons. The van der Waals surface area contributed by atoms with Crippen LogP contribution in [-0.4, -0.2) is 42.1 Å². The highest BCUT2D eigenvalue weighted by molar-refractivity contribution is 5.85. The van der Waals surface area contributed by atoms with Crippen LogP contribution in [0.5, 0.6) is 0 Å². The van der Waals surface area contributed by atoms with Crippen molar-refractivity contribution < 1.29 is 4.39 Å². The molecule has 0 saturated heterocycles. The molecule has 0 aliphatic heterocycles. The van der Waals surface area contributed by atoms with Gasteiger partial charge in [0.2, 0.25) is 5.95 Å². The van der Waals surface area contributed by atoms with E-state index in [1.54, 1.807) is 10.7 Å². The van der Waals surface area contributed by atoms with Gasteiger partial charge < -0.3 is 15.6 Å². The minimum atomic E-state index is -0.414. The number of H-pyrrole nitrogens is 1. The Hall–Kier alpha value is -3.85. The maximum atomic E-state index is 14.0. The van der Waals surface area contributed by atoms with E-state index in [0.717, 1.165) is 42.9 Å². The third-order valence-corrected chi connectivity index (χ3v) is 7.66. The van der Waals surface area contributed by atoms with Crippen LogP contribution in [0.15, 0.2) is 48.9 Å². The number of benzene rings is 1. The number of nitrogens with one attached hydrogen (secondary N) is 3. The molecule has 4 heterocycles. The van der Waals surface area contributed by atoms with Crippen molar-refractivity contribution in [1.29, 1.82) is 0 Å². The second kappa shape index (κ2) is 8.92. The smallest absolute Gasteiger partial charge is 0.228 e. The first-order valence-corrected chi connectivity index (χ1v) is 13.1. The molecule has 3 N–H and O–H groups in total. The van der Waals surface area contributed by atoms with Crippen molar-refractivity contribution in [1.82, 2.24) is 34.9 Å². The van der Waals surface area contributed by atoms with Gasteiger partial charge in [0.1, 0.15) is 5.82 Å². The second-order valence-electron chi connectivity index (χ2n) is 10.4. The number of anilines is 1. The summed E-state index contributed by atoms with van der Waals surface area (Å²) in [5, 5.41) is 13.2. The lowest BCUT2D eigenvalue weighted by Crippen LogP contribution is -2.29. The van der Waals surface area contributed by atoms with E-state index in [9.17, 15) is 4.39 Å². The Balaban J connectivity index is 1.26. The van der Waals surface area contributed by atoms with Gasteiger partial charge in [0, 0.05) is 46.0 Å². The molecule has 188 valence electrons. The molecule has 0 spiro atoms. The normalized spacial score (nSPS) is 18.3. The summed E-state index contributed by atoms with van der Waals surface area (Å²) in [5.41, 5.74) is 6.12. The quantitative estimate of drug-likeness (QED) is 0.299. The van der Waals surface area contributed by atoms with Crippen LogP contribution < -0.4 is 10.6 Å². The van der Waals surface area contributed by atoms with Crippen LogP contribution >= 0.6 is 0 Å². The van der Waals surface area contributed by atoms with Gasteiger partial charge in [0.25, 0.3) is 0 Å². The first-order valence-electron chi connectivity index (χ1n) is 13.1. The van der Waals surface area contributed by atoms with Gasteiger partial charge >= 0.3 is 0 Å². The number of nitrogens with zero attached hydrogens (tertiary/aromatic N) is 5. The average Bonchev–Trinajstić information content (AvgIpc) is 3.53. The maximum Gasteiger partial charge on any atom is 0.228 e. The van der Waals surface area contributed by atoms with Crippen molar-refractivity contribution in [3.63, 3.8) is 0 Å². The van der Waals surface area contributed by atoms with Gasteiger partial charge in [0.05, 0.1) is 12.4 Å². The van der Waals surface area contributed by atoms with E-state index in [1.807, 2.05) is 6.20 Å². The minimum Gasteiger partial charge on any atom is -0.358 e.